The number of carbonyl (C=O) groups is 1. The molecule has 0 saturated carbocycles. The van der Waals surface area contributed by atoms with E-state index in [0.717, 1.165) is 10.6 Å². The second-order valence-electron chi connectivity index (χ2n) is 4.29. The highest BCUT2D eigenvalue weighted by atomic mass is 32.1. The number of aryl methyl sites for hydroxylation is 2. The zero-order chi connectivity index (χ0) is 14.3. The normalized spacial score (nSPS) is 10.9. The monoisotopic (exact) mass is 289 g/mol. The van der Waals surface area contributed by atoms with Gasteiger partial charge >= 0.3 is 12.0 Å². The van der Waals surface area contributed by atoms with Crippen molar-refractivity contribution in [3.63, 3.8) is 0 Å². The van der Waals surface area contributed by atoms with Crippen molar-refractivity contribution in [1.29, 1.82) is 0 Å². The average Bonchev–Trinajstić information content (AvgIpc) is 2.92. The third-order valence-corrected chi connectivity index (χ3v) is 3.87. The van der Waals surface area contributed by atoms with Crippen molar-refractivity contribution in [2.45, 2.75) is 13.8 Å². The minimum atomic E-state index is -0.996. The van der Waals surface area contributed by atoms with Gasteiger partial charge in [0.25, 0.3) is 0 Å². The van der Waals surface area contributed by atoms with Crippen molar-refractivity contribution in [1.82, 2.24) is 9.97 Å². The Bertz CT molecular complexity index is 787. The molecule has 0 bridgehead atoms. The minimum absolute atomic E-state index is 0.168. The standard InChI is InChI=1S/C13H11N3O3S/c1-6-7(2)20-13(14-6)16-12-15-9-4-3-8(11(17)18)5-10(9)19-12/h3-5H,1-2H3,(H,17,18)(H,14,15,16). The first-order chi connectivity index (χ1) is 9.52. The fourth-order valence-corrected chi connectivity index (χ4v) is 2.53. The molecule has 0 spiro atoms. The van der Waals surface area contributed by atoms with Crippen molar-refractivity contribution in [2.24, 2.45) is 0 Å². The summed E-state index contributed by atoms with van der Waals surface area (Å²) in [7, 11) is 0. The van der Waals surface area contributed by atoms with Gasteiger partial charge in [0.05, 0.1) is 11.3 Å². The van der Waals surface area contributed by atoms with Gasteiger partial charge < -0.3 is 9.52 Å². The predicted molar refractivity (Wildman–Crippen MR) is 75.8 cm³/mol. The Balaban J connectivity index is 1.94. The zero-order valence-electron chi connectivity index (χ0n) is 10.8. The molecule has 7 heteroatoms. The number of aromatic nitrogens is 2. The van der Waals surface area contributed by atoms with Crippen molar-refractivity contribution < 1.29 is 14.3 Å². The van der Waals surface area contributed by atoms with Crippen molar-refractivity contribution in [3.05, 3.63) is 34.3 Å². The van der Waals surface area contributed by atoms with Crippen molar-refractivity contribution in [2.75, 3.05) is 5.32 Å². The number of nitrogens with one attached hydrogen (secondary N) is 1. The van der Waals surface area contributed by atoms with Gasteiger partial charge in [-0.15, -0.1) is 11.3 Å². The lowest BCUT2D eigenvalue weighted by Gasteiger charge is -1.93. The number of hydrogen-bond donors (Lipinski definition) is 2. The fraction of sp³-hybridized carbons (Fsp3) is 0.154. The molecule has 0 amide bonds. The molecule has 0 aliphatic heterocycles. The van der Waals surface area contributed by atoms with E-state index in [4.69, 9.17) is 9.52 Å². The van der Waals surface area contributed by atoms with Crippen LogP contribution in [0, 0.1) is 13.8 Å². The van der Waals surface area contributed by atoms with Gasteiger partial charge in [0.2, 0.25) is 0 Å². The van der Waals surface area contributed by atoms with Gasteiger partial charge in [0.1, 0.15) is 5.52 Å². The largest absolute Gasteiger partial charge is 0.478 e. The lowest BCUT2D eigenvalue weighted by atomic mass is 10.2. The molecule has 3 aromatic rings. The number of rotatable bonds is 3. The summed E-state index contributed by atoms with van der Waals surface area (Å²) in [6, 6.07) is 4.87. The summed E-state index contributed by atoms with van der Waals surface area (Å²) >= 11 is 1.51. The molecular formula is C13H11N3O3S. The summed E-state index contributed by atoms with van der Waals surface area (Å²) < 4.78 is 5.49. The first kappa shape index (κ1) is 12.6. The molecule has 1 aromatic carbocycles. The number of aromatic carboxylic acids is 1. The Morgan fingerprint density at radius 3 is 2.80 bits per heavy atom. The number of hydrogen-bond acceptors (Lipinski definition) is 6. The number of anilines is 2. The van der Waals surface area contributed by atoms with E-state index >= 15 is 0 Å². The Morgan fingerprint density at radius 1 is 1.35 bits per heavy atom. The summed E-state index contributed by atoms with van der Waals surface area (Å²) in [6.07, 6.45) is 0. The molecule has 2 heterocycles. The third-order valence-electron chi connectivity index (χ3n) is 2.88. The molecule has 0 fully saturated rings. The molecule has 0 saturated heterocycles. The molecule has 2 N–H and O–H groups in total. The van der Waals surface area contributed by atoms with E-state index in [-0.39, 0.29) is 5.56 Å². The van der Waals surface area contributed by atoms with Gasteiger partial charge in [-0.25, -0.2) is 9.78 Å². The van der Waals surface area contributed by atoms with E-state index in [1.54, 1.807) is 6.07 Å². The quantitative estimate of drug-likeness (QED) is 0.768. The lowest BCUT2D eigenvalue weighted by molar-refractivity contribution is 0.0697. The van der Waals surface area contributed by atoms with Crippen LogP contribution in [0.15, 0.2) is 22.6 Å². The van der Waals surface area contributed by atoms with Gasteiger partial charge in [-0.3, -0.25) is 5.32 Å². The summed E-state index contributed by atoms with van der Waals surface area (Å²) in [4.78, 5) is 20.6. The minimum Gasteiger partial charge on any atom is -0.478 e. The van der Waals surface area contributed by atoms with Crippen LogP contribution < -0.4 is 5.32 Å². The number of thiazole rings is 1. The maximum absolute atomic E-state index is 10.9. The first-order valence-corrected chi connectivity index (χ1v) is 6.69. The van der Waals surface area contributed by atoms with E-state index < -0.39 is 5.97 Å². The summed E-state index contributed by atoms with van der Waals surface area (Å²) in [5.74, 6) is -0.996. The summed E-state index contributed by atoms with van der Waals surface area (Å²) in [6.45, 7) is 3.92. The van der Waals surface area contributed by atoms with Crippen LogP contribution in [0.25, 0.3) is 11.1 Å². The Morgan fingerprint density at radius 2 is 2.15 bits per heavy atom. The van der Waals surface area contributed by atoms with E-state index in [1.807, 2.05) is 13.8 Å². The van der Waals surface area contributed by atoms with Gasteiger partial charge in [-0.05, 0) is 32.0 Å². The zero-order valence-corrected chi connectivity index (χ0v) is 11.6. The van der Waals surface area contributed by atoms with Crippen LogP contribution in [-0.4, -0.2) is 21.0 Å². The molecule has 20 heavy (non-hydrogen) atoms. The van der Waals surface area contributed by atoms with Crippen LogP contribution in [0.4, 0.5) is 11.1 Å². The number of carboxylic acids is 1. The molecule has 3 rings (SSSR count). The third kappa shape index (κ3) is 2.23. The maximum Gasteiger partial charge on any atom is 0.335 e. The Hall–Kier alpha value is -2.41. The number of carboxylic acid groups (broad SMARTS) is 1. The number of fused-ring (bicyclic) bond motifs is 1. The number of benzene rings is 1. The maximum atomic E-state index is 10.9. The van der Waals surface area contributed by atoms with Crippen LogP contribution in [0.3, 0.4) is 0 Å². The van der Waals surface area contributed by atoms with E-state index in [2.05, 4.69) is 15.3 Å². The SMILES string of the molecule is Cc1nc(Nc2nc3ccc(C(=O)O)cc3o2)sc1C. The van der Waals surface area contributed by atoms with Gasteiger partial charge in [-0.1, -0.05) is 0 Å². The smallest absolute Gasteiger partial charge is 0.335 e. The Labute approximate surface area is 118 Å². The molecule has 6 nitrogen and oxygen atoms in total. The fourth-order valence-electron chi connectivity index (χ4n) is 1.73. The van der Waals surface area contributed by atoms with Gasteiger partial charge in [0.15, 0.2) is 10.7 Å². The molecule has 2 aromatic heterocycles. The Kier molecular flexibility index (Phi) is 2.90. The topological polar surface area (TPSA) is 88.2 Å². The van der Waals surface area contributed by atoms with E-state index in [9.17, 15) is 4.79 Å². The first-order valence-electron chi connectivity index (χ1n) is 5.88. The van der Waals surface area contributed by atoms with Crippen LogP contribution in [0.1, 0.15) is 20.9 Å². The van der Waals surface area contributed by atoms with E-state index in [0.29, 0.717) is 22.2 Å². The molecule has 0 unspecified atom stereocenters. The van der Waals surface area contributed by atoms with Crippen LogP contribution in [0.2, 0.25) is 0 Å². The van der Waals surface area contributed by atoms with E-state index in [1.165, 1.54) is 23.5 Å². The van der Waals surface area contributed by atoms with Crippen LogP contribution >= 0.6 is 11.3 Å². The number of oxazole rings is 1. The summed E-state index contributed by atoms with van der Waals surface area (Å²) in [5.41, 5.74) is 2.16. The highest BCUT2D eigenvalue weighted by Crippen LogP contribution is 2.27. The summed E-state index contributed by atoms with van der Waals surface area (Å²) in [5, 5.41) is 12.6. The van der Waals surface area contributed by atoms with Crippen LogP contribution in [0.5, 0.6) is 0 Å². The lowest BCUT2D eigenvalue weighted by Crippen LogP contribution is -1.94. The van der Waals surface area contributed by atoms with Crippen molar-refractivity contribution in [3.8, 4) is 0 Å². The van der Waals surface area contributed by atoms with Crippen LogP contribution in [-0.2, 0) is 0 Å². The highest BCUT2D eigenvalue weighted by molar-refractivity contribution is 7.15. The highest BCUT2D eigenvalue weighted by Gasteiger charge is 2.11. The second-order valence-corrected chi connectivity index (χ2v) is 5.50. The van der Waals surface area contributed by atoms with Crippen molar-refractivity contribution >= 4 is 39.6 Å². The molecular weight excluding hydrogens is 278 g/mol. The van der Waals surface area contributed by atoms with Gasteiger partial charge in [-0.2, -0.15) is 4.98 Å². The molecule has 0 aliphatic carbocycles. The average molecular weight is 289 g/mol. The number of nitrogens with zero attached hydrogens (tertiary/aromatic N) is 2. The second kappa shape index (κ2) is 4.61. The predicted octanol–water partition coefficient (Wildman–Crippen LogP) is 3.34. The molecule has 0 aliphatic rings. The molecule has 102 valence electrons. The molecule has 0 radical (unpaired) electrons. The van der Waals surface area contributed by atoms with Gasteiger partial charge in [0, 0.05) is 4.88 Å². The molecule has 0 atom stereocenters.